The zero-order valence-corrected chi connectivity index (χ0v) is 8.43. The second-order valence-electron chi connectivity index (χ2n) is 2.39. The first-order valence-electron chi connectivity index (χ1n) is 3.99. The Balaban J connectivity index is 2.53. The highest BCUT2D eigenvalue weighted by Crippen LogP contribution is 2.12. The number of nitrogens with zero attached hydrogens (tertiary/aromatic N) is 1. The molecule has 0 fully saturated rings. The molecule has 1 rings (SSSR count). The first-order chi connectivity index (χ1) is 6.22. The average molecular weight is 197 g/mol. The minimum atomic E-state index is -0.324. The monoisotopic (exact) mass is 197 g/mol. The van der Waals surface area contributed by atoms with Crippen molar-refractivity contribution in [1.82, 2.24) is 4.98 Å². The predicted octanol–water partition coefficient (Wildman–Crippen LogP) is 2.03. The fourth-order valence-electron chi connectivity index (χ4n) is 0.779. The Morgan fingerprint density at radius 3 is 3.08 bits per heavy atom. The molecule has 0 aliphatic heterocycles. The molecule has 0 bridgehead atoms. The van der Waals surface area contributed by atoms with E-state index in [1.807, 2.05) is 6.92 Å². The Kier molecular flexibility index (Phi) is 3.64. The first kappa shape index (κ1) is 9.92. The largest absolute Gasteiger partial charge is 0.463 e. The van der Waals surface area contributed by atoms with Crippen LogP contribution in [-0.4, -0.2) is 17.6 Å². The van der Waals surface area contributed by atoms with Crippen LogP contribution in [0.3, 0.4) is 0 Å². The van der Waals surface area contributed by atoms with Gasteiger partial charge in [0.1, 0.15) is 5.01 Å². The number of carbonyl (C=O) groups excluding carboxylic acids is 1. The summed E-state index contributed by atoms with van der Waals surface area (Å²) >= 11 is 1.54. The average Bonchev–Trinajstić information content (AvgIpc) is 2.49. The van der Waals surface area contributed by atoms with Crippen LogP contribution in [0.5, 0.6) is 0 Å². The van der Waals surface area contributed by atoms with Gasteiger partial charge in [0.2, 0.25) is 0 Å². The second kappa shape index (κ2) is 4.77. The molecule has 13 heavy (non-hydrogen) atoms. The molecule has 0 N–H and O–H groups in total. The van der Waals surface area contributed by atoms with E-state index >= 15 is 0 Å². The summed E-state index contributed by atoms with van der Waals surface area (Å²) in [6, 6.07) is 0. The highest BCUT2D eigenvalue weighted by atomic mass is 32.1. The van der Waals surface area contributed by atoms with Gasteiger partial charge in [-0.3, -0.25) is 0 Å². The molecule has 0 unspecified atom stereocenters. The first-order valence-corrected chi connectivity index (χ1v) is 4.81. The third kappa shape index (κ3) is 3.38. The van der Waals surface area contributed by atoms with Gasteiger partial charge in [-0.25, -0.2) is 9.78 Å². The zero-order valence-electron chi connectivity index (χ0n) is 7.61. The Hall–Kier alpha value is -1.16. The van der Waals surface area contributed by atoms with Crippen molar-refractivity contribution in [1.29, 1.82) is 0 Å². The van der Waals surface area contributed by atoms with Crippen molar-refractivity contribution in [3.05, 3.63) is 22.2 Å². The summed E-state index contributed by atoms with van der Waals surface area (Å²) in [5.41, 5.74) is 0. The molecule has 1 heterocycles. The molecule has 70 valence electrons. The SMILES string of the molecule is CCOC(=O)C=Cc1ncc(C)s1. The van der Waals surface area contributed by atoms with Crippen molar-refractivity contribution in [2.24, 2.45) is 0 Å². The van der Waals surface area contributed by atoms with Gasteiger partial charge < -0.3 is 4.74 Å². The number of aromatic nitrogens is 1. The maximum atomic E-state index is 10.9. The van der Waals surface area contributed by atoms with E-state index in [-0.39, 0.29) is 5.97 Å². The van der Waals surface area contributed by atoms with E-state index in [2.05, 4.69) is 4.98 Å². The maximum absolute atomic E-state index is 10.9. The van der Waals surface area contributed by atoms with Gasteiger partial charge in [-0.2, -0.15) is 0 Å². The fourth-order valence-corrected chi connectivity index (χ4v) is 1.46. The molecule has 0 saturated carbocycles. The van der Waals surface area contributed by atoms with Crippen molar-refractivity contribution in [3.8, 4) is 0 Å². The van der Waals surface area contributed by atoms with E-state index in [0.29, 0.717) is 6.61 Å². The van der Waals surface area contributed by atoms with Crippen LogP contribution in [0.2, 0.25) is 0 Å². The van der Waals surface area contributed by atoms with E-state index in [4.69, 9.17) is 4.74 Å². The van der Waals surface area contributed by atoms with Crippen LogP contribution in [0.1, 0.15) is 16.8 Å². The lowest BCUT2D eigenvalue weighted by Gasteiger charge is -1.92. The fraction of sp³-hybridized carbons (Fsp3) is 0.333. The quantitative estimate of drug-likeness (QED) is 0.549. The minimum Gasteiger partial charge on any atom is -0.463 e. The van der Waals surface area contributed by atoms with Crippen molar-refractivity contribution in [2.45, 2.75) is 13.8 Å². The minimum absolute atomic E-state index is 0.324. The van der Waals surface area contributed by atoms with E-state index in [9.17, 15) is 4.79 Å². The summed E-state index contributed by atoms with van der Waals surface area (Å²) in [5, 5.41) is 0.825. The number of hydrogen-bond acceptors (Lipinski definition) is 4. The van der Waals surface area contributed by atoms with Crippen molar-refractivity contribution in [3.63, 3.8) is 0 Å². The number of thiazole rings is 1. The summed E-state index contributed by atoms with van der Waals surface area (Å²) in [7, 11) is 0. The van der Waals surface area contributed by atoms with Crippen LogP contribution in [0.4, 0.5) is 0 Å². The summed E-state index contributed by atoms with van der Waals surface area (Å²) in [4.78, 5) is 16.1. The predicted molar refractivity (Wildman–Crippen MR) is 52.5 cm³/mol. The molecule has 3 nitrogen and oxygen atoms in total. The Morgan fingerprint density at radius 1 is 1.77 bits per heavy atom. The van der Waals surface area contributed by atoms with Crippen LogP contribution in [0.25, 0.3) is 6.08 Å². The molecule has 0 atom stereocenters. The van der Waals surface area contributed by atoms with Gasteiger partial charge in [0.05, 0.1) is 6.61 Å². The molecule has 0 aliphatic carbocycles. The summed E-state index contributed by atoms with van der Waals surface area (Å²) < 4.78 is 4.72. The molecule has 0 aliphatic rings. The van der Waals surface area contributed by atoms with Gasteiger partial charge in [0.25, 0.3) is 0 Å². The smallest absolute Gasteiger partial charge is 0.330 e. The number of rotatable bonds is 3. The standard InChI is InChI=1S/C9H11NO2S/c1-3-12-9(11)5-4-8-10-6-7(2)13-8/h4-6H,3H2,1-2H3. The number of aryl methyl sites for hydroxylation is 1. The number of hydrogen-bond donors (Lipinski definition) is 0. The Labute approximate surface area is 81.1 Å². The van der Waals surface area contributed by atoms with Crippen LogP contribution >= 0.6 is 11.3 Å². The van der Waals surface area contributed by atoms with Gasteiger partial charge in [0, 0.05) is 17.2 Å². The summed E-state index contributed by atoms with van der Waals surface area (Å²) in [5.74, 6) is -0.324. The molecule has 0 spiro atoms. The van der Waals surface area contributed by atoms with Crippen LogP contribution in [0.15, 0.2) is 12.3 Å². The van der Waals surface area contributed by atoms with E-state index < -0.39 is 0 Å². The van der Waals surface area contributed by atoms with E-state index in [1.54, 1.807) is 30.5 Å². The molecular formula is C9H11NO2S. The molecule has 0 saturated heterocycles. The zero-order chi connectivity index (χ0) is 9.68. The normalized spacial score (nSPS) is 10.6. The summed E-state index contributed by atoms with van der Waals surface area (Å²) in [6.45, 7) is 4.15. The van der Waals surface area contributed by atoms with E-state index in [1.165, 1.54) is 6.08 Å². The van der Waals surface area contributed by atoms with Gasteiger partial charge in [-0.1, -0.05) is 0 Å². The molecule has 0 amide bonds. The summed E-state index contributed by atoms with van der Waals surface area (Å²) in [6.07, 6.45) is 4.83. The van der Waals surface area contributed by atoms with Crippen molar-refractivity contribution >= 4 is 23.4 Å². The lowest BCUT2D eigenvalue weighted by atomic mass is 10.5. The third-order valence-corrected chi connectivity index (χ3v) is 2.17. The van der Waals surface area contributed by atoms with Gasteiger partial charge in [0.15, 0.2) is 0 Å². The van der Waals surface area contributed by atoms with Crippen LogP contribution in [0, 0.1) is 6.92 Å². The molecule has 1 aromatic heterocycles. The van der Waals surface area contributed by atoms with Crippen molar-refractivity contribution < 1.29 is 9.53 Å². The number of esters is 1. The molecule has 0 radical (unpaired) electrons. The second-order valence-corrected chi connectivity index (χ2v) is 3.66. The highest BCUT2D eigenvalue weighted by Gasteiger charge is 1.96. The Bertz CT molecular complexity index is 317. The molecular weight excluding hydrogens is 186 g/mol. The van der Waals surface area contributed by atoms with E-state index in [0.717, 1.165) is 9.88 Å². The highest BCUT2D eigenvalue weighted by molar-refractivity contribution is 7.12. The number of carbonyl (C=O) groups is 1. The van der Waals surface area contributed by atoms with Crippen LogP contribution < -0.4 is 0 Å². The number of ether oxygens (including phenoxy) is 1. The molecule has 0 aromatic carbocycles. The molecule has 4 heteroatoms. The maximum Gasteiger partial charge on any atom is 0.330 e. The van der Waals surface area contributed by atoms with Gasteiger partial charge in [-0.15, -0.1) is 11.3 Å². The Morgan fingerprint density at radius 2 is 2.54 bits per heavy atom. The third-order valence-electron chi connectivity index (χ3n) is 1.29. The lowest BCUT2D eigenvalue weighted by Crippen LogP contribution is -1.98. The topological polar surface area (TPSA) is 39.2 Å². The van der Waals surface area contributed by atoms with Crippen LogP contribution in [-0.2, 0) is 9.53 Å². The lowest BCUT2D eigenvalue weighted by molar-refractivity contribution is -0.137. The van der Waals surface area contributed by atoms with Gasteiger partial charge >= 0.3 is 5.97 Å². The van der Waals surface area contributed by atoms with Crippen molar-refractivity contribution in [2.75, 3.05) is 6.61 Å². The molecule has 1 aromatic rings. The van der Waals surface area contributed by atoms with Gasteiger partial charge in [-0.05, 0) is 19.9 Å².